The molecule has 1 aromatic carbocycles. The first kappa shape index (κ1) is 20.4. The first-order chi connectivity index (χ1) is 14.3. The van der Waals surface area contributed by atoms with Crippen molar-refractivity contribution in [3.63, 3.8) is 0 Å². The van der Waals surface area contributed by atoms with Crippen molar-refractivity contribution in [3.05, 3.63) is 42.0 Å². The molecule has 30 heavy (non-hydrogen) atoms. The van der Waals surface area contributed by atoms with Crippen molar-refractivity contribution in [2.24, 2.45) is 5.92 Å². The number of aromatic nitrogens is 2. The second kappa shape index (κ2) is 8.10. The van der Waals surface area contributed by atoms with Crippen molar-refractivity contribution in [2.45, 2.75) is 39.2 Å². The van der Waals surface area contributed by atoms with Crippen LogP contribution in [0.3, 0.4) is 0 Å². The number of rotatable bonds is 3. The minimum atomic E-state index is -0.543. The molecule has 1 atom stereocenters. The molecule has 2 amide bonds. The fourth-order valence-electron chi connectivity index (χ4n) is 3.52. The molecule has 0 spiro atoms. The molecule has 0 bridgehead atoms. The Bertz CT molecular complexity index is 1020. The third-order valence-electron chi connectivity index (χ3n) is 4.99. The number of hydrogen-bond donors (Lipinski definition) is 1. The number of ether oxygens (including phenoxy) is 1. The topological polar surface area (TPSA) is 75.9 Å². The molecule has 1 aliphatic rings. The number of hydrogen-bond acceptors (Lipinski definition) is 5. The molecule has 1 N–H and O–H groups in total. The first-order valence-corrected chi connectivity index (χ1v) is 11.0. The largest absolute Gasteiger partial charge is 0.444 e. The number of thiazole rings is 1. The van der Waals surface area contributed by atoms with Crippen LogP contribution < -0.4 is 5.32 Å². The standard InChI is InChI=1S/C22H26N4O3S/c1-22(2,3)29-21(28)26-10-4-5-16(13-26)19(27)23-17-8-6-15(7-9-17)18-14-25-11-12-30-20(25)24-18/h6-9,11-12,14,16H,4-5,10,13H2,1-3H3,(H,23,27). The Labute approximate surface area is 179 Å². The molecule has 2 aromatic heterocycles. The number of anilines is 1. The highest BCUT2D eigenvalue weighted by Gasteiger charge is 2.31. The smallest absolute Gasteiger partial charge is 0.410 e. The molecule has 4 rings (SSSR count). The Morgan fingerprint density at radius 2 is 2.00 bits per heavy atom. The fraction of sp³-hybridized carbons (Fsp3) is 0.409. The zero-order chi connectivity index (χ0) is 21.3. The molecular weight excluding hydrogens is 400 g/mol. The number of carbonyl (C=O) groups excluding carboxylic acids is 2. The van der Waals surface area contributed by atoms with Gasteiger partial charge >= 0.3 is 6.09 Å². The van der Waals surface area contributed by atoms with Gasteiger partial charge in [0.05, 0.1) is 11.6 Å². The summed E-state index contributed by atoms with van der Waals surface area (Å²) < 4.78 is 7.44. The number of benzene rings is 1. The van der Waals surface area contributed by atoms with Gasteiger partial charge in [-0.2, -0.15) is 0 Å². The maximum absolute atomic E-state index is 12.8. The number of fused-ring (bicyclic) bond motifs is 1. The summed E-state index contributed by atoms with van der Waals surface area (Å²) in [5.74, 6) is -0.315. The van der Waals surface area contributed by atoms with E-state index in [1.165, 1.54) is 0 Å². The number of piperidine rings is 1. The molecule has 1 unspecified atom stereocenters. The molecule has 158 valence electrons. The molecule has 1 aliphatic heterocycles. The van der Waals surface area contributed by atoms with E-state index in [0.717, 1.165) is 34.7 Å². The average Bonchev–Trinajstić information content (AvgIpc) is 3.29. The molecule has 0 radical (unpaired) electrons. The lowest BCUT2D eigenvalue weighted by molar-refractivity contribution is -0.121. The van der Waals surface area contributed by atoms with Gasteiger partial charge in [-0.1, -0.05) is 12.1 Å². The van der Waals surface area contributed by atoms with Crippen LogP contribution in [0.4, 0.5) is 10.5 Å². The molecule has 0 saturated carbocycles. The average molecular weight is 427 g/mol. The molecule has 3 heterocycles. The summed E-state index contributed by atoms with van der Waals surface area (Å²) >= 11 is 1.59. The van der Waals surface area contributed by atoms with Crippen molar-refractivity contribution >= 4 is 34.0 Å². The Kier molecular flexibility index (Phi) is 5.51. The zero-order valence-electron chi connectivity index (χ0n) is 17.4. The zero-order valence-corrected chi connectivity index (χ0v) is 18.2. The van der Waals surface area contributed by atoms with E-state index in [1.807, 2.05) is 67.2 Å². The van der Waals surface area contributed by atoms with Crippen LogP contribution in [0.1, 0.15) is 33.6 Å². The number of carbonyl (C=O) groups is 2. The van der Waals surface area contributed by atoms with E-state index in [9.17, 15) is 9.59 Å². The van der Waals surface area contributed by atoms with Crippen LogP contribution in [-0.2, 0) is 9.53 Å². The Morgan fingerprint density at radius 3 is 2.70 bits per heavy atom. The van der Waals surface area contributed by atoms with E-state index >= 15 is 0 Å². The molecule has 1 saturated heterocycles. The summed E-state index contributed by atoms with van der Waals surface area (Å²) in [7, 11) is 0. The predicted octanol–water partition coefficient (Wildman–Crippen LogP) is 4.65. The van der Waals surface area contributed by atoms with E-state index in [1.54, 1.807) is 16.2 Å². The molecular formula is C22H26N4O3S. The maximum atomic E-state index is 12.8. The SMILES string of the molecule is CC(C)(C)OC(=O)N1CCCC(C(=O)Nc2ccc(-c3cn4ccsc4n3)cc2)C1. The van der Waals surface area contributed by atoms with E-state index < -0.39 is 5.60 Å². The summed E-state index contributed by atoms with van der Waals surface area (Å²) in [6.07, 6.45) is 5.16. The summed E-state index contributed by atoms with van der Waals surface area (Å²) in [5, 5.41) is 4.98. The second-order valence-electron chi connectivity index (χ2n) is 8.55. The number of likely N-dealkylation sites (tertiary alicyclic amines) is 1. The lowest BCUT2D eigenvalue weighted by Gasteiger charge is -2.33. The molecule has 0 aliphatic carbocycles. The van der Waals surface area contributed by atoms with Crippen LogP contribution in [-0.4, -0.2) is 45.0 Å². The van der Waals surface area contributed by atoms with E-state index in [-0.39, 0.29) is 17.9 Å². The van der Waals surface area contributed by atoms with Gasteiger partial charge in [0.1, 0.15) is 5.60 Å². The number of nitrogens with one attached hydrogen (secondary N) is 1. The monoisotopic (exact) mass is 426 g/mol. The number of imidazole rings is 1. The van der Waals surface area contributed by atoms with Gasteiger partial charge in [-0.05, 0) is 45.7 Å². The van der Waals surface area contributed by atoms with Gasteiger partial charge < -0.3 is 15.0 Å². The molecule has 8 heteroatoms. The van der Waals surface area contributed by atoms with Crippen LogP contribution in [0.15, 0.2) is 42.0 Å². The van der Waals surface area contributed by atoms with E-state index in [0.29, 0.717) is 13.1 Å². The maximum Gasteiger partial charge on any atom is 0.410 e. The Balaban J connectivity index is 1.37. The van der Waals surface area contributed by atoms with Gasteiger partial charge in [0.15, 0.2) is 4.96 Å². The van der Waals surface area contributed by atoms with Crippen molar-refractivity contribution < 1.29 is 14.3 Å². The summed E-state index contributed by atoms with van der Waals surface area (Å²) in [6, 6.07) is 7.68. The number of nitrogens with zero attached hydrogens (tertiary/aromatic N) is 3. The van der Waals surface area contributed by atoms with Crippen LogP contribution in [0, 0.1) is 5.92 Å². The first-order valence-electron chi connectivity index (χ1n) is 10.1. The van der Waals surface area contributed by atoms with Crippen molar-refractivity contribution in [2.75, 3.05) is 18.4 Å². The highest BCUT2D eigenvalue weighted by atomic mass is 32.1. The van der Waals surface area contributed by atoms with Crippen molar-refractivity contribution in [1.29, 1.82) is 0 Å². The minimum Gasteiger partial charge on any atom is -0.444 e. The fourth-order valence-corrected chi connectivity index (χ4v) is 4.22. The minimum absolute atomic E-state index is 0.0708. The number of amides is 2. The van der Waals surface area contributed by atoms with Crippen molar-refractivity contribution in [1.82, 2.24) is 14.3 Å². The Morgan fingerprint density at radius 1 is 1.23 bits per heavy atom. The molecule has 7 nitrogen and oxygen atoms in total. The van der Waals surface area contributed by atoms with E-state index in [2.05, 4.69) is 10.3 Å². The lowest BCUT2D eigenvalue weighted by Crippen LogP contribution is -2.45. The lowest BCUT2D eigenvalue weighted by atomic mass is 9.97. The third kappa shape index (κ3) is 4.64. The molecule has 3 aromatic rings. The van der Waals surface area contributed by atoms with Crippen LogP contribution in [0.25, 0.3) is 16.2 Å². The normalized spacial score (nSPS) is 17.2. The van der Waals surface area contributed by atoms with Gasteiger partial charge in [0.2, 0.25) is 5.91 Å². The second-order valence-corrected chi connectivity index (χ2v) is 9.42. The third-order valence-corrected chi connectivity index (χ3v) is 5.76. The van der Waals surface area contributed by atoms with Gasteiger partial charge in [0, 0.05) is 42.1 Å². The van der Waals surface area contributed by atoms with E-state index in [4.69, 9.17) is 4.74 Å². The van der Waals surface area contributed by atoms with Crippen LogP contribution >= 0.6 is 11.3 Å². The molecule has 1 fully saturated rings. The quantitative estimate of drug-likeness (QED) is 0.662. The highest BCUT2D eigenvalue weighted by molar-refractivity contribution is 7.15. The highest BCUT2D eigenvalue weighted by Crippen LogP contribution is 2.24. The summed E-state index contributed by atoms with van der Waals surface area (Å²) in [4.78, 5) is 32.3. The predicted molar refractivity (Wildman–Crippen MR) is 118 cm³/mol. The van der Waals surface area contributed by atoms with Crippen LogP contribution in [0.5, 0.6) is 0 Å². The van der Waals surface area contributed by atoms with Gasteiger partial charge in [-0.15, -0.1) is 11.3 Å². The van der Waals surface area contributed by atoms with Gasteiger partial charge in [-0.25, -0.2) is 9.78 Å². The van der Waals surface area contributed by atoms with Gasteiger partial charge in [-0.3, -0.25) is 9.20 Å². The van der Waals surface area contributed by atoms with Crippen molar-refractivity contribution in [3.8, 4) is 11.3 Å². The van der Waals surface area contributed by atoms with Crippen LogP contribution in [0.2, 0.25) is 0 Å². The summed E-state index contributed by atoms with van der Waals surface area (Å²) in [5.41, 5.74) is 2.09. The Hall–Kier alpha value is -2.87. The summed E-state index contributed by atoms with van der Waals surface area (Å²) in [6.45, 7) is 6.53. The van der Waals surface area contributed by atoms with Gasteiger partial charge in [0.25, 0.3) is 0 Å².